The van der Waals surface area contributed by atoms with Gasteiger partial charge in [0.2, 0.25) is 41.4 Å². The Morgan fingerprint density at radius 2 is 1.62 bits per heavy atom. The molecule has 20 heteroatoms. The lowest BCUT2D eigenvalue weighted by atomic mass is 9.76. The van der Waals surface area contributed by atoms with Crippen LogP contribution in [0.5, 0.6) is 0 Å². The highest BCUT2D eigenvalue weighted by molar-refractivity contribution is 6.06. The number of likely N-dealkylation sites (tertiary alicyclic amines) is 1. The maximum Gasteiger partial charge on any atom is 0.268 e. The molecule has 2 aromatic carbocycles. The standard InChI is InChI=1S/C60H73N9O11/c1-34(70)39-15-18-46-40(29-39)30-49(63-46)55(75)65-48-19-16-41(62-35(2)71)31-42-17-21-51(69(42)60(48)80)57(77)64-47(20-23-53(61)73)52(72)32-44(37-10-4-3-5-11-37)58(78)67-27-25-36(26-28-67)9-6-7-12-38-13-8-14-43-45(38)33-68(59(43)79)50-22-24-54(74)66-56(50)76/h8,13-15,18,29-30,36-37,41-42,44,47-48,50-51,63H,3-6,9-11,16-17,19-28,31-33H2,1-2H3,(H2,61,73)(H,62,71)(H,64,77)(H,65,75)(H,66,74,76)/t41-,42+,44-,47-,48-,50?,51-/m0/s1. The molecule has 6 aliphatic rings. The van der Waals surface area contributed by atoms with Crippen LogP contribution in [0, 0.1) is 29.6 Å². The van der Waals surface area contributed by atoms with Crippen molar-refractivity contribution in [3.8, 4) is 11.8 Å². The number of Topliss-reactive ketones (excluding diaryl/α,β-unsaturated/α-hetero) is 2. The molecule has 20 nitrogen and oxygen atoms in total. The van der Waals surface area contributed by atoms with E-state index in [-0.39, 0.29) is 98.6 Å². The van der Waals surface area contributed by atoms with Gasteiger partial charge in [0.25, 0.3) is 11.8 Å². The van der Waals surface area contributed by atoms with Gasteiger partial charge in [0.15, 0.2) is 11.6 Å². The van der Waals surface area contributed by atoms with Crippen LogP contribution in [0.3, 0.4) is 0 Å². The van der Waals surface area contributed by atoms with Crippen LogP contribution in [0.25, 0.3) is 10.9 Å². The second-order valence-electron chi connectivity index (χ2n) is 22.9. The number of primary amides is 1. The van der Waals surface area contributed by atoms with E-state index in [2.05, 4.69) is 38.1 Å². The van der Waals surface area contributed by atoms with Gasteiger partial charge in [-0.05, 0) is 138 Å². The third-order valence-electron chi connectivity index (χ3n) is 17.5. The summed E-state index contributed by atoms with van der Waals surface area (Å²) >= 11 is 0. The molecule has 80 heavy (non-hydrogen) atoms. The van der Waals surface area contributed by atoms with Gasteiger partial charge in [-0.25, -0.2) is 0 Å². The maximum atomic E-state index is 14.7. The zero-order chi connectivity index (χ0) is 56.8. The third-order valence-corrected chi connectivity index (χ3v) is 17.5. The van der Waals surface area contributed by atoms with Gasteiger partial charge < -0.3 is 41.4 Å². The number of nitrogens with zero attached hydrogens (tertiary/aromatic N) is 3. The monoisotopic (exact) mass is 1100 g/mol. The second-order valence-corrected chi connectivity index (χ2v) is 22.9. The fraction of sp³-hybridized carbons (Fsp3) is 0.550. The molecular weight excluding hydrogens is 1020 g/mol. The molecule has 0 spiro atoms. The molecule has 5 fully saturated rings. The van der Waals surface area contributed by atoms with Gasteiger partial charge in [0.05, 0.1) is 6.04 Å². The topological polar surface area (TPSA) is 287 Å². The Labute approximate surface area is 465 Å². The van der Waals surface area contributed by atoms with Crippen molar-refractivity contribution in [1.29, 1.82) is 0 Å². The number of carbonyl (C=O) groups excluding carboxylic acids is 11. The van der Waals surface area contributed by atoms with Gasteiger partial charge >= 0.3 is 0 Å². The molecule has 5 aliphatic heterocycles. The number of hydrogen-bond donors (Lipinski definition) is 6. The SMILES string of the molecule is CC(=O)N[C@H]1CC[C@H](NC(=O)c2cc3cc(C(C)=O)ccc3[nH]2)C(=O)N2[C@H](CC[C@H]2C(=O)N[C@@H](CCC(N)=O)C(=O)C[C@H](C(=O)N2CCC(CCC#Cc3cccc4c3CN(C3CCC(=O)NC3=O)C4=O)CC2)C2CCCCC2)C1. The van der Waals surface area contributed by atoms with Crippen LogP contribution in [0.1, 0.15) is 178 Å². The van der Waals surface area contributed by atoms with Gasteiger partial charge in [0, 0.05) is 97.8 Å². The molecule has 9 amide bonds. The quantitative estimate of drug-likeness (QED) is 0.0631. The minimum absolute atomic E-state index is 0.0492. The number of aromatic amines is 1. The lowest BCUT2D eigenvalue weighted by molar-refractivity contribution is -0.144. The predicted molar refractivity (Wildman–Crippen MR) is 293 cm³/mol. The first-order valence-electron chi connectivity index (χ1n) is 28.6. The Bertz CT molecular complexity index is 3030. The number of nitrogens with one attached hydrogen (secondary N) is 5. The Kier molecular flexibility index (Phi) is 17.9. The summed E-state index contributed by atoms with van der Waals surface area (Å²) in [7, 11) is 0. The number of benzene rings is 2. The van der Waals surface area contributed by atoms with E-state index in [1.807, 2.05) is 11.0 Å². The van der Waals surface area contributed by atoms with Crippen LogP contribution in [-0.4, -0.2) is 134 Å². The molecule has 0 radical (unpaired) electrons. The molecule has 1 saturated carbocycles. The highest BCUT2D eigenvalue weighted by Crippen LogP contribution is 2.37. The summed E-state index contributed by atoms with van der Waals surface area (Å²) in [5.74, 6) is 1.91. The van der Waals surface area contributed by atoms with E-state index in [9.17, 15) is 52.7 Å². The van der Waals surface area contributed by atoms with E-state index in [0.717, 1.165) is 62.5 Å². The highest BCUT2D eigenvalue weighted by Gasteiger charge is 2.47. The molecule has 7 N–H and O–H groups in total. The molecule has 0 bridgehead atoms. The van der Waals surface area contributed by atoms with Crippen LogP contribution in [-0.2, 0) is 44.9 Å². The fourth-order valence-electron chi connectivity index (χ4n) is 13.1. The van der Waals surface area contributed by atoms with Crippen molar-refractivity contribution in [2.75, 3.05) is 13.1 Å². The fourth-order valence-corrected chi connectivity index (χ4v) is 13.1. The number of imide groups is 1. The average molecular weight is 1100 g/mol. The summed E-state index contributed by atoms with van der Waals surface area (Å²) in [4.78, 5) is 155. The van der Waals surface area contributed by atoms with Crippen molar-refractivity contribution < 1.29 is 52.7 Å². The van der Waals surface area contributed by atoms with Crippen LogP contribution < -0.4 is 27.0 Å². The normalized spacial score (nSPS) is 23.4. The molecule has 1 aromatic heterocycles. The highest BCUT2D eigenvalue weighted by atomic mass is 16.2. The minimum atomic E-state index is -1.18. The van der Waals surface area contributed by atoms with Gasteiger partial charge in [-0.15, -0.1) is 0 Å². The number of aromatic nitrogens is 1. The first-order chi connectivity index (χ1) is 38.4. The number of nitrogens with two attached hydrogens (primary N) is 1. The van der Waals surface area contributed by atoms with Crippen LogP contribution >= 0.6 is 0 Å². The van der Waals surface area contributed by atoms with E-state index < -0.39 is 71.4 Å². The Balaban J connectivity index is 0.839. The van der Waals surface area contributed by atoms with Crippen molar-refractivity contribution in [1.82, 2.24) is 41.0 Å². The predicted octanol–water partition coefficient (Wildman–Crippen LogP) is 4.25. The maximum absolute atomic E-state index is 14.7. The largest absolute Gasteiger partial charge is 0.370 e. The lowest BCUT2D eigenvalue weighted by Gasteiger charge is -2.38. The molecule has 9 rings (SSSR count). The number of piperidine rings is 2. The molecular formula is C60H73N9O11. The molecule has 4 saturated heterocycles. The smallest absolute Gasteiger partial charge is 0.268 e. The summed E-state index contributed by atoms with van der Waals surface area (Å²) in [5.41, 5.74) is 8.89. The van der Waals surface area contributed by atoms with Gasteiger partial charge in [0.1, 0.15) is 23.8 Å². The van der Waals surface area contributed by atoms with Crippen molar-refractivity contribution in [2.24, 2.45) is 23.5 Å². The Morgan fingerprint density at radius 1 is 0.850 bits per heavy atom. The summed E-state index contributed by atoms with van der Waals surface area (Å²) in [6, 6.07) is 7.16. The molecule has 6 heterocycles. The lowest BCUT2D eigenvalue weighted by Crippen LogP contribution is -2.59. The Hall–Kier alpha value is -7.69. The molecule has 1 aliphatic carbocycles. The van der Waals surface area contributed by atoms with Crippen molar-refractivity contribution in [3.63, 3.8) is 0 Å². The zero-order valence-corrected chi connectivity index (χ0v) is 45.7. The number of fused-ring (bicyclic) bond motifs is 3. The van der Waals surface area contributed by atoms with E-state index in [1.165, 1.54) is 23.6 Å². The van der Waals surface area contributed by atoms with Gasteiger partial charge in [-0.3, -0.25) is 58.1 Å². The number of carbonyl (C=O) groups is 11. The van der Waals surface area contributed by atoms with E-state index in [0.29, 0.717) is 66.7 Å². The Morgan fingerprint density at radius 3 is 2.35 bits per heavy atom. The van der Waals surface area contributed by atoms with Crippen LogP contribution in [0.2, 0.25) is 0 Å². The van der Waals surface area contributed by atoms with Crippen molar-refractivity contribution in [2.45, 2.75) is 179 Å². The number of ketones is 2. The first kappa shape index (κ1) is 57.0. The second kappa shape index (κ2) is 25.2. The molecule has 7 atom stereocenters. The van der Waals surface area contributed by atoms with Gasteiger partial charge in [-0.2, -0.15) is 0 Å². The van der Waals surface area contributed by atoms with Crippen LogP contribution in [0.15, 0.2) is 42.5 Å². The van der Waals surface area contributed by atoms with Crippen molar-refractivity contribution in [3.05, 3.63) is 70.4 Å². The molecule has 3 aromatic rings. The summed E-state index contributed by atoms with van der Waals surface area (Å²) in [6.45, 7) is 4.13. The summed E-state index contributed by atoms with van der Waals surface area (Å²) in [6.07, 6.45) is 8.92. The zero-order valence-electron chi connectivity index (χ0n) is 45.7. The van der Waals surface area contributed by atoms with Crippen molar-refractivity contribution >= 4 is 75.6 Å². The molecule has 1 unspecified atom stereocenters. The average Bonchev–Trinajstić information content (AvgIpc) is 4.20. The molecule has 424 valence electrons. The number of hydrogen-bond acceptors (Lipinski definition) is 11. The first-order valence-corrected chi connectivity index (χ1v) is 28.6. The third kappa shape index (κ3) is 13.1. The number of amides is 9. The number of H-pyrrole nitrogens is 1. The number of rotatable bonds is 17. The summed E-state index contributed by atoms with van der Waals surface area (Å²) in [5, 5.41) is 11.7. The minimum Gasteiger partial charge on any atom is -0.370 e. The van der Waals surface area contributed by atoms with E-state index in [4.69, 9.17) is 5.73 Å². The van der Waals surface area contributed by atoms with E-state index >= 15 is 0 Å². The van der Waals surface area contributed by atoms with E-state index in [1.54, 1.807) is 36.4 Å². The van der Waals surface area contributed by atoms with Crippen LogP contribution in [0.4, 0.5) is 0 Å². The summed E-state index contributed by atoms with van der Waals surface area (Å²) < 4.78 is 0. The van der Waals surface area contributed by atoms with Gasteiger partial charge in [-0.1, -0.05) is 37.2 Å².